The van der Waals surface area contributed by atoms with Gasteiger partial charge in [0.05, 0.1) is 13.2 Å². The SMILES string of the molecule is COc1ccc(Br)c(CC(O)c2ccnc(C)c2)c1. The Bertz CT molecular complexity index is 572. The summed E-state index contributed by atoms with van der Waals surface area (Å²) in [7, 11) is 1.63. The van der Waals surface area contributed by atoms with E-state index in [2.05, 4.69) is 20.9 Å². The van der Waals surface area contributed by atoms with Gasteiger partial charge >= 0.3 is 0 Å². The quantitative estimate of drug-likeness (QED) is 0.938. The van der Waals surface area contributed by atoms with Crippen LogP contribution in [0.15, 0.2) is 41.0 Å². The number of hydrogen-bond donors (Lipinski definition) is 1. The Kier molecular flexibility index (Phi) is 4.56. The normalized spacial score (nSPS) is 12.2. The largest absolute Gasteiger partial charge is 0.497 e. The molecule has 0 saturated carbocycles. The van der Waals surface area contributed by atoms with Crippen molar-refractivity contribution in [2.45, 2.75) is 19.4 Å². The second kappa shape index (κ2) is 6.17. The fourth-order valence-corrected chi connectivity index (χ4v) is 2.34. The van der Waals surface area contributed by atoms with Gasteiger partial charge in [0.1, 0.15) is 5.75 Å². The zero-order valence-corrected chi connectivity index (χ0v) is 12.5. The molecule has 2 aromatic rings. The predicted octanol–water partition coefficient (Wildman–Crippen LogP) is 3.44. The molecule has 0 aliphatic rings. The van der Waals surface area contributed by atoms with Crippen LogP contribution in [0, 0.1) is 6.92 Å². The van der Waals surface area contributed by atoms with Gasteiger partial charge in [-0.05, 0) is 48.4 Å². The van der Waals surface area contributed by atoms with E-state index in [9.17, 15) is 5.11 Å². The summed E-state index contributed by atoms with van der Waals surface area (Å²) < 4.78 is 6.17. The van der Waals surface area contributed by atoms with Gasteiger partial charge in [0, 0.05) is 22.8 Å². The van der Waals surface area contributed by atoms with Gasteiger partial charge in [0.15, 0.2) is 0 Å². The minimum absolute atomic E-state index is 0.529. The van der Waals surface area contributed by atoms with Crippen LogP contribution in [-0.4, -0.2) is 17.2 Å². The number of halogens is 1. The van der Waals surface area contributed by atoms with Crippen molar-refractivity contribution in [1.82, 2.24) is 4.98 Å². The van der Waals surface area contributed by atoms with Crippen LogP contribution in [0.1, 0.15) is 22.9 Å². The summed E-state index contributed by atoms with van der Waals surface area (Å²) >= 11 is 3.50. The molecule has 1 atom stereocenters. The van der Waals surface area contributed by atoms with E-state index in [-0.39, 0.29) is 0 Å². The van der Waals surface area contributed by atoms with E-state index in [1.165, 1.54) is 0 Å². The second-order valence-corrected chi connectivity index (χ2v) is 5.26. The highest BCUT2D eigenvalue weighted by atomic mass is 79.9. The molecule has 1 unspecified atom stereocenters. The number of hydrogen-bond acceptors (Lipinski definition) is 3. The summed E-state index contributed by atoms with van der Waals surface area (Å²) in [6.07, 6.45) is 1.69. The Balaban J connectivity index is 2.21. The summed E-state index contributed by atoms with van der Waals surface area (Å²) in [5, 5.41) is 10.3. The lowest BCUT2D eigenvalue weighted by Crippen LogP contribution is -2.03. The van der Waals surface area contributed by atoms with E-state index < -0.39 is 6.10 Å². The van der Waals surface area contributed by atoms with Crippen molar-refractivity contribution in [2.75, 3.05) is 7.11 Å². The third kappa shape index (κ3) is 3.55. The monoisotopic (exact) mass is 321 g/mol. The van der Waals surface area contributed by atoms with Crippen molar-refractivity contribution in [3.8, 4) is 5.75 Å². The Morgan fingerprint density at radius 2 is 2.11 bits per heavy atom. The Hall–Kier alpha value is -1.39. The molecule has 1 N–H and O–H groups in total. The van der Waals surface area contributed by atoms with Crippen molar-refractivity contribution in [3.63, 3.8) is 0 Å². The molecule has 0 fully saturated rings. The van der Waals surface area contributed by atoms with Gasteiger partial charge in [-0.2, -0.15) is 0 Å². The van der Waals surface area contributed by atoms with Crippen LogP contribution in [0.2, 0.25) is 0 Å². The number of benzene rings is 1. The summed E-state index contributed by atoms with van der Waals surface area (Å²) in [4.78, 5) is 4.13. The van der Waals surface area contributed by atoms with E-state index in [0.717, 1.165) is 27.0 Å². The van der Waals surface area contributed by atoms with Gasteiger partial charge in [-0.3, -0.25) is 4.98 Å². The molecule has 1 heterocycles. The molecule has 100 valence electrons. The Morgan fingerprint density at radius 3 is 2.79 bits per heavy atom. The molecule has 0 amide bonds. The van der Waals surface area contributed by atoms with E-state index in [4.69, 9.17) is 4.74 Å². The van der Waals surface area contributed by atoms with Crippen LogP contribution in [0.3, 0.4) is 0 Å². The number of aliphatic hydroxyl groups excluding tert-OH is 1. The van der Waals surface area contributed by atoms with Gasteiger partial charge < -0.3 is 9.84 Å². The molecular formula is C15H16BrNO2. The van der Waals surface area contributed by atoms with Crippen LogP contribution in [-0.2, 0) is 6.42 Å². The predicted molar refractivity (Wildman–Crippen MR) is 78.3 cm³/mol. The zero-order chi connectivity index (χ0) is 13.8. The van der Waals surface area contributed by atoms with E-state index >= 15 is 0 Å². The number of methoxy groups -OCH3 is 1. The first-order chi connectivity index (χ1) is 9.10. The molecule has 0 spiro atoms. The molecule has 1 aromatic heterocycles. The highest BCUT2D eigenvalue weighted by molar-refractivity contribution is 9.10. The summed E-state index contributed by atoms with van der Waals surface area (Å²) in [5.74, 6) is 0.788. The van der Waals surface area contributed by atoms with Crippen LogP contribution in [0.4, 0.5) is 0 Å². The fraction of sp³-hybridized carbons (Fsp3) is 0.267. The topological polar surface area (TPSA) is 42.4 Å². The maximum Gasteiger partial charge on any atom is 0.119 e. The third-order valence-electron chi connectivity index (χ3n) is 2.97. The summed E-state index contributed by atoms with van der Waals surface area (Å²) in [6, 6.07) is 9.49. The number of rotatable bonds is 4. The van der Waals surface area contributed by atoms with Crippen LogP contribution in [0.5, 0.6) is 5.75 Å². The summed E-state index contributed by atoms with van der Waals surface area (Å²) in [6.45, 7) is 1.91. The van der Waals surface area contributed by atoms with Gasteiger partial charge in [-0.1, -0.05) is 15.9 Å². The number of aliphatic hydroxyl groups is 1. The second-order valence-electron chi connectivity index (χ2n) is 4.41. The fourth-order valence-electron chi connectivity index (χ4n) is 1.94. The molecule has 2 rings (SSSR count). The first-order valence-corrected chi connectivity index (χ1v) is 6.82. The molecule has 0 bridgehead atoms. The number of nitrogens with zero attached hydrogens (tertiary/aromatic N) is 1. The maximum absolute atomic E-state index is 10.3. The van der Waals surface area contributed by atoms with Gasteiger partial charge in [0.25, 0.3) is 0 Å². The number of ether oxygens (including phenoxy) is 1. The van der Waals surface area contributed by atoms with Crippen LogP contribution >= 0.6 is 15.9 Å². The number of pyridine rings is 1. The molecule has 1 aromatic carbocycles. The molecule has 4 heteroatoms. The van der Waals surface area contributed by atoms with Crippen molar-refractivity contribution < 1.29 is 9.84 Å². The lowest BCUT2D eigenvalue weighted by Gasteiger charge is -2.13. The highest BCUT2D eigenvalue weighted by Gasteiger charge is 2.12. The standard InChI is InChI=1S/C15H16BrNO2/c1-10-7-11(5-6-17-10)15(18)9-12-8-13(19-2)3-4-14(12)16/h3-8,15,18H,9H2,1-2H3. The first kappa shape index (κ1) is 14.0. The highest BCUT2D eigenvalue weighted by Crippen LogP contribution is 2.27. The molecule has 3 nitrogen and oxygen atoms in total. The van der Waals surface area contributed by atoms with Crippen LogP contribution < -0.4 is 4.74 Å². The van der Waals surface area contributed by atoms with Crippen molar-refractivity contribution >= 4 is 15.9 Å². The van der Waals surface area contributed by atoms with Gasteiger partial charge in [0.2, 0.25) is 0 Å². The van der Waals surface area contributed by atoms with E-state index in [1.807, 2.05) is 37.3 Å². The molecule has 0 aliphatic heterocycles. The third-order valence-corrected chi connectivity index (χ3v) is 3.75. The van der Waals surface area contributed by atoms with Crippen molar-refractivity contribution in [2.24, 2.45) is 0 Å². The van der Waals surface area contributed by atoms with Gasteiger partial charge in [-0.15, -0.1) is 0 Å². The minimum Gasteiger partial charge on any atom is -0.497 e. The van der Waals surface area contributed by atoms with Crippen molar-refractivity contribution in [1.29, 1.82) is 0 Å². The van der Waals surface area contributed by atoms with E-state index in [1.54, 1.807) is 13.3 Å². The van der Waals surface area contributed by atoms with E-state index in [0.29, 0.717) is 6.42 Å². The smallest absolute Gasteiger partial charge is 0.119 e. The average molecular weight is 322 g/mol. The maximum atomic E-state index is 10.3. The molecule has 0 aliphatic carbocycles. The molecular weight excluding hydrogens is 306 g/mol. The average Bonchev–Trinajstić information content (AvgIpc) is 2.41. The summed E-state index contributed by atoms with van der Waals surface area (Å²) in [5.41, 5.74) is 2.80. The molecule has 0 radical (unpaired) electrons. The lowest BCUT2D eigenvalue weighted by molar-refractivity contribution is 0.178. The number of aryl methyl sites for hydroxylation is 1. The van der Waals surface area contributed by atoms with Crippen molar-refractivity contribution in [3.05, 3.63) is 57.8 Å². The first-order valence-electron chi connectivity index (χ1n) is 6.03. The Morgan fingerprint density at radius 1 is 1.32 bits per heavy atom. The Labute approximate surface area is 121 Å². The molecule has 0 saturated heterocycles. The minimum atomic E-state index is -0.551. The van der Waals surface area contributed by atoms with Gasteiger partial charge in [-0.25, -0.2) is 0 Å². The number of aromatic nitrogens is 1. The van der Waals surface area contributed by atoms with Crippen LogP contribution in [0.25, 0.3) is 0 Å². The lowest BCUT2D eigenvalue weighted by atomic mass is 10.0. The molecule has 19 heavy (non-hydrogen) atoms. The zero-order valence-electron chi connectivity index (χ0n) is 10.9.